The van der Waals surface area contributed by atoms with E-state index in [-0.39, 0.29) is 142 Å². The molecule has 10 heteroatoms. The molecule has 11 rings (SSSR count). The van der Waals surface area contributed by atoms with Gasteiger partial charge in [-0.15, -0.1) is 0 Å². The molecule has 9 aromatic rings. The maximum absolute atomic E-state index is 13.3. The highest BCUT2D eigenvalue weighted by molar-refractivity contribution is 5.63. The first-order valence-corrected chi connectivity index (χ1v) is 38.1. The van der Waals surface area contributed by atoms with Crippen molar-refractivity contribution < 1.29 is 44.8 Å². The van der Waals surface area contributed by atoms with Gasteiger partial charge in [-0.25, -0.2) is 0 Å². The molecule has 6 N–H and O–H groups in total. The number of benzene rings is 8. The van der Waals surface area contributed by atoms with Crippen LogP contribution in [0.25, 0.3) is 0 Å². The second kappa shape index (κ2) is 28.0. The summed E-state index contributed by atoms with van der Waals surface area (Å²) in [6.45, 7) is 52.4. The average Bonchev–Trinajstić information content (AvgIpc) is 0.774. The Morgan fingerprint density at radius 2 is 0.377 bits per heavy atom. The molecule has 0 spiro atoms. The van der Waals surface area contributed by atoms with Crippen LogP contribution in [-0.4, -0.2) is 42.7 Å². The predicted octanol–water partition coefficient (Wildman–Crippen LogP) is 22.2. The molecule has 0 aliphatic carbocycles. The van der Waals surface area contributed by atoms with E-state index < -0.39 is 0 Å². The minimum absolute atomic E-state index is 0.00868. The van der Waals surface area contributed by atoms with E-state index in [2.05, 4.69) is 263 Å². The van der Waals surface area contributed by atoms with Gasteiger partial charge in [-0.1, -0.05) is 263 Å². The van der Waals surface area contributed by atoms with E-state index >= 15 is 0 Å². The van der Waals surface area contributed by atoms with Crippen LogP contribution in [0.3, 0.4) is 0 Å². The van der Waals surface area contributed by atoms with E-state index in [9.17, 15) is 30.6 Å². The summed E-state index contributed by atoms with van der Waals surface area (Å²) in [5.41, 5.74) is 17.6. The fourth-order valence-electron chi connectivity index (χ4n) is 14.9. The molecule has 0 amide bonds. The largest absolute Gasteiger partial charge is 0.507 e. The Hall–Kier alpha value is -8.89. The van der Waals surface area contributed by atoms with E-state index in [1.165, 1.54) is 0 Å². The molecule has 0 unspecified atom stereocenters. The summed E-state index contributed by atoms with van der Waals surface area (Å²) in [6.07, 6.45) is 1.80. The SMILES string of the molecule is COc1cc2nc(c1)COc1c3cc(C(C)(C)C)cc1Cc1cc(C(C)(C)C)cc(c1O)Cc1cc(C(C)(C)C)cc(c1O)Cc1cc(C(C)(C)C)cc(c1OC2)Cc1cc(C(C)(C)C)cc(c1O)Cc1cc(C(C)(C)C)cc(c1O)Cc1cc(C(C)(C)C)cc(c1O)Cc1cc(C(C)(C)C)cc(c1O)C3. The first-order valence-electron chi connectivity index (χ1n) is 38.1. The second-order valence-corrected chi connectivity index (χ2v) is 39.1. The van der Waals surface area contributed by atoms with Crippen molar-refractivity contribution in [3.8, 4) is 51.7 Å². The van der Waals surface area contributed by atoms with Crippen molar-refractivity contribution in [2.24, 2.45) is 0 Å². The van der Waals surface area contributed by atoms with Crippen molar-refractivity contribution in [2.45, 2.75) is 274 Å². The fraction of sp³-hybridized carbons (Fsp3) is 0.448. The molecular formula is C96H119NO9. The van der Waals surface area contributed by atoms with Gasteiger partial charge in [0.1, 0.15) is 65.0 Å². The van der Waals surface area contributed by atoms with Gasteiger partial charge < -0.3 is 44.8 Å². The monoisotopic (exact) mass is 1430 g/mol. The number of methoxy groups -OCH3 is 1. The van der Waals surface area contributed by atoms with Crippen molar-refractivity contribution >= 4 is 0 Å². The van der Waals surface area contributed by atoms with E-state index in [0.717, 1.165) is 66.8 Å². The Morgan fingerprint density at radius 1 is 0.236 bits per heavy atom. The number of hydrogen-bond donors (Lipinski definition) is 6. The van der Waals surface area contributed by atoms with Gasteiger partial charge in [-0.2, -0.15) is 0 Å². The first-order chi connectivity index (χ1) is 48.9. The van der Waals surface area contributed by atoms with Gasteiger partial charge in [-0.05, 0) is 177 Å². The summed E-state index contributed by atoms with van der Waals surface area (Å²) < 4.78 is 21.0. The third-order valence-electron chi connectivity index (χ3n) is 21.9. The van der Waals surface area contributed by atoms with Gasteiger partial charge in [0.25, 0.3) is 0 Å². The van der Waals surface area contributed by atoms with Gasteiger partial charge in [-0.3, -0.25) is 4.98 Å². The lowest BCUT2D eigenvalue weighted by atomic mass is 9.79. The summed E-state index contributed by atoms with van der Waals surface area (Å²) in [6, 6.07) is 37.7. The Bertz CT molecular complexity index is 4590. The highest BCUT2D eigenvalue weighted by Gasteiger charge is 2.33. The molecule has 562 valence electrons. The van der Waals surface area contributed by atoms with Crippen LogP contribution in [0.2, 0.25) is 0 Å². The number of ether oxygens (including phenoxy) is 3. The third kappa shape index (κ3) is 16.9. The standard InChI is InChI=1S/C96H119NO9/c1-89(2,3)70-34-54-26-55-35-71(90(4,5)6)37-57(82(55)99)28-59-39-73(92(10,11)12)43-63(84(59)101)31-67-47-77(96(22,23)24)49-69-33-65-45-75(94(16,17)18)41-61(86(65)103)29-60-40-74(93(13,14)15)44-64(85(60)102)32-68-48-76(95(19,20)21)46-66(87(68)105-52-78-50-80(104-25)51-79(97-78)53-106-88(67)69)30-62-42-72(91(7,8)9)38-58(83(62)100)27-56(36-70)81(54)98/h34-51,98-103H,26-33,52-53H2,1-25H3. The Balaban J connectivity index is 1.29. The zero-order chi connectivity index (χ0) is 77.8. The quantitative estimate of drug-likeness (QED) is 0.0933. The molecule has 106 heavy (non-hydrogen) atoms. The highest BCUT2D eigenvalue weighted by atomic mass is 16.5. The zero-order valence-electron chi connectivity index (χ0n) is 68.3. The second-order valence-electron chi connectivity index (χ2n) is 39.1. The van der Waals surface area contributed by atoms with Gasteiger partial charge in [0.2, 0.25) is 0 Å². The Morgan fingerprint density at radius 3 is 0.519 bits per heavy atom. The molecule has 3 heterocycles. The number of aromatic nitrogens is 1. The lowest BCUT2D eigenvalue weighted by molar-refractivity contribution is 0.282. The van der Waals surface area contributed by atoms with Crippen LogP contribution in [0, 0.1) is 0 Å². The van der Waals surface area contributed by atoms with E-state index in [0.29, 0.717) is 95.4 Å². The summed E-state index contributed by atoms with van der Waals surface area (Å²) in [5.74, 6) is 2.37. The minimum atomic E-state index is -0.384. The van der Waals surface area contributed by atoms with Gasteiger partial charge in [0, 0.05) is 63.5 Å². The summed E-state index contributed by atoms with van der Waals surface area (Å²) in [7, 11) is 1.64. The maximum Gasteiger partial charge on any atom is 0.130 e. The molecule has 2 aliphatic heterocycles. The minimum Gasteiger partial charge on any atom is -0.507 e. The Labute approximate surface area is 633 Å². The number of nitrogens with zero attached hydrogens (tertiary/aromatic N) is 1. The normalized spacial score (nSPS) is 14.5. The van der Waals surface area contributed by atoms with Crippen molar-refractivity contribution in [1.82, 2.24) is 4.98 Å². The first kappa shape index (κ1) is 78.2. The molecule has 0 radical (unpaired) electrons. The van der Waals surface area contributed by atoms with E-state index in [1.54, 1.807) is 7.11 Å². The van der Waals surface area contributed by atoms with Crippen molar-refractivity contribution in [3.63, 3.8) is 0 Å². The lowest BCUT2D eigenvalue weighted by Gasteiger charge is -2.28. The number of rotatable bonds is 1. The zero-order valence-corrected chi connectivity index (χ0v) is 68.3. The van der Waals surface area contributed by atoms with Crippen LogP contribution >= 0.6 is 0 Å². The number of phenolic OH excluding ortho intramolecular Hbond substituents is 6. The highest BCUT2D eigenvalue weighted by Crippen LogP contribution is 2.48. The molecule has 1 aromatic heterocycles. The van der Waals surface area contributed by atoms with Crippen LogP contribution < -0.4 is 14.2 Å². The molecule has 0 saturated carbocycles. The van der Waals surface area contributed by atoms with E-state index in [1.807, 2.05) is 12.1 Å². The number of hydrogen-bond acceptors (Lipinski definition) is 10. The molecule has 16 bridgehead atoms. The van der Waals surface area contributed by atoms with Crippen molar-refractivity contribution in [2.75, 3.05) is 7.11 Å². The van der Waals surface area contributed by atoms with Crippen molar-refractivity contribution in [1.29, 1.82) is 0 Å². The number of fused-ring (bicyclic) bond motifs is 14. The molecular weight excluding hydrogens is 1310 g/mol. The number of phenols is 6. The van der Waals surface area contributed by atoms with Crippen LogP contribution in [0.4, 0.5) is 0 Å². The number of aromatic hydroxyl groups is 6. The average molecular weight is 1430 g/mol. The molecule has 8 aromatic carbocycles. The molecule has 0 saturated heterocycles. The number of pyridine rings is 1. The van der Waals surface area contributed by atoms with Gasteiger partial charge >= 0.3 is 0 Å². The molecule has 2 aliphatic rings. The van der Waals surface area contributed by atoms with Crippen LogP contribution in [0.5, 0.6) is 51.7 Å². The summed E-state index contributed by atoms with van der Waals surface area (Å²) in [5, 5.41) is 79.0. The van der Waals surface area contributed by atoms with Crippen LogP contribution in [-0.2, 0) is 108 Å². The van der Waals surface area contributed by atoms with Gasteiger partial charge in [0.15, 0.2) is 0 Å². The smallest absolute Gasteiger partial charge is 0.130 e. The summed E-state index contributed by atoms with van der Waals surface area (Å²) >= 11 is 0. The van der Waals surface area contributed by atoms with Gasteiger partial charge in [0.05, 0.1) is 18.5 Å². The van der Waals surface area contributed by atoms with E-state index in [4.69, 9.17) is 19.2 Å². The molecule has 10 nitrogen and oxygen atoms in total. The fourth-order valence-corrected chi connectivity index (χ4v) is 14.9. The Kier molecular flexibility index (Phi) is 20.7. The molecule has 0 atom stereocenters. The third-order valence-corrected chi connectivity index (χ3v) is 21.9. The van der Waals surface area contributed by atoms with Crippen molar-refractivity contribution in [3.05, 3.63) is 254 Å². The lowest BCUT2D eigenvalue weighted by Crippen LogP contribution is -2.16. The molecule has 0 fully saturated rings. The maximum atomic E-state index is 13.3. The topological polar surface area (TPSA) is 162 Å². The predicted molar refractivity (Wildman–Crippen MR) is 433 cm³/mol. The van der Waals surface area contributed by atoms with Crippen LogP contribution in [0.1, 0.15) is 311 Å². The van der Waals surface area contributed by atoms with Crippen LogP contribution in [0.15, 0.2) is 109 Å². The summed E-state index contributed by atoms with van der Waals surface area (Å²) in [4.78, 5) is 5.35.